The van der Waals surface area contributed by atoms with Gasteiger partial charge in [0.2, 0.25) is 0 Å². The first-order valence-corrected chi connectivity index (χ1v) is 8.81. The molecule has 13 heteroatoms. The first kappa shape index (κ1) is 23.6. The first-order valence-electron chi connectivity index (χ1n) is 8.81. The van der Waals surface area contributed by atoms with Crippen molar-refractivity contribution in [1.82, 2.24) is 14.2 Å². The predicted octanol–water partition coefficient (Wildman–Crippen LogP) is 2.37. The number of benzene rings is 1. The highest BCUT2D eigenvalue weighted by Crippen LogP contribution is 2.27. The van der Waals surface area contributed by atoms with Gasteiger partial charge in [-0.1, -0.05) is 0 Å². The summed E-state index contributed by atoms with van der Waals surface area (Å²) in [5, 5.41) is 12.4. The number of nitrogens with one attached hydrogen (secondary N) is 1. The fraction of sp³-hybridized carbons (Fsp3) is 0.333. The Morgan fingerprint density at radius 3 is 2.42 bits per heavy atom. The highest BCUT2D eigenvalue weighted by atomic mass is 19.4. The summed E-state index contributed by atoms with van der Waals surface area (Å²) in [7, 11) is 0.770. The summed E-state index contributed by atoms with van der Waals surface area (Å²) in [5.41, 5.74) is -5.80. The van der Waals surface area contributed by atoms with E-state index in [1.165, 1.54) is 0 Å². The lowest BCUT2D eigenvalue weighted by molar-refractivity contribution is -0.144. The van der Waals surface area contributed by atoms with Gasteiger partial charge in [0.15, 0.2) is 0 Å². The second-order valence-electron chi connectivity index (χ2n) is 6.05. The predicted molar refractivity (Wildman–Crippen MR) is 100.0 cm³/mol. The molecule has 0 saturated carbocycles. The number of rotatable bonds is 5. The molecule has 0 radical (unpaired) electrons. The van der Waals surface area contributed by atoms with Crippen molar-refractivity contribution in [2.24, 2.45) is 7.05 Å². The van der Waals surface area contributed by atoms with Crippen LogP contribution in [0, 0.1) is 17.1 Å². The largest absolute Gasteiger partial charge is 0.431 e. The van der Waals surface area contributed by atoms with Gasteiger partial charge in [0.1, 0.15) is 17.6 Å². The number of carbonyl (C=O) groups is 1. The van der Waals surface area contributed by atoms with Gasteiger partial charge in [-0.05, 0) is 26.0 Å². The molecule has 0 aliphatic rings. The van der Waals surface area contributed by atoms with Crippen LogP contribution in [-0.2, 0) is 18.1 Å². The third-order valence-corrected chi connectivity index (χ3v) is 4.10. The maximum absolute atomic E-state index is 14.6. The van der Waals surface area contributed by atoms with Crippen LogP contribution in [0.25, 0.3) is 5.69 Å². The van der Waals surface area contributed by atoms with Crippen LogP contribution in [0.2, 0.25) is 0 Å². The van der Waals surface area contributed by atoms with Gasteiger partial charge in [-0.15, -0.1) is 0 Å². The van der Waals surface area contributed by atoms with Crippen molar-refractivity contribution in [3.8, 4) is 11.8 Å². The number of hydrogen-bond donors (Lipinski definition) is 1. The third kappa shape index (κ3) is 4.75. The van der Waals surface area contributed by atoms with Crippen LogP contribution < -0.4 is 16.6 Å². The molecule has 0 fully saturated rings. The van der Waals surface area contributed by atoms with Crippen LogP contribution >= 0.6 is 0 Å². The number of hydrogen-bond acceptors (Lipinski definition) is 5. The Balaban J connectivity index is 2.68. The van der Waals surface area contributed by atoms with Crippen molar-refractivity contribution < 1.29 is 27.2 Å². The first-order chi connectivity index (χ1) is 14.5. The zero-order valence-corrected chi connectivity index (χ0v) is 16.6. The highest BCUT2D eigenvalue weighted by molar-refractivity contribution is 5.90. The molecule has 9 nitrogen and oxygen atoms in total. The second-order valence-corrected chi connectivity index (χ2v) is 6.05. The van der Waals surface area contributed by atoms with E-state index in [9.17, 15) is 37.2 Å². The Bertz CT molecular complexity index is 1160. The molecule has 0 unspecified atom stereocenters. The number of anilines is 1. The molecule has 2 rings (SSSR count). The van der Waals surface area contributed by atoms with Crippen LogP contribution in [-0.4, -0.2) is 33.4 Å². The summed E-state index contributed by atoms with van der Waals surface area (Å²) in [6.45, 7) is 3.49. The number of halogens is 4. The molecule has 1 heterocycles. The average Bonchev–Trinajstić information content (AvgIpc) is 2.69. The maximum Gasteiger partial charge on any atom is 0.431 e. The number of urea groups is 1. The molecule has 31 heavy (non-hydrogen) atoms. The monoisotopic (exact) mass is 443 g/mol. The van der Waals surface area contributed by atoms with Gasteiger partial charge in [-0.25, -0.2) is 23.6 Å². The topological polar surface area (TPSA) is 109 Å². The van der Waals surface area contributed by atoms with Gasteiger partial charge in [0, 0.05) is 19.7 Å². The summed E-state index contributed by atoms with van der Waals surface area (Å²) in [6.07, 6.45) is -4.99. The Kier molecular flexibility index (Phi) is 6.86. The SMILES string of the molecule is CCON(CC)C(=O)Nc1cc(-n2c(=O)cc(C(F)(F)F)n(C)c2=O)c(F)cc1C#N. The smallest absolute Gasteiger partial charge is 0.305 e. The van der Waals surface area contributed by atoms with E-state index in [1.807, 2.05) is 0 Å². The van der Waals surface area contributed by atoms with E-state index in [1.54, 1.807) is 19.9 Å². The Morgan fingerprint density at radius 2 is 1.90 bits per heavy atom. The van der Waals surface area contributed by atoms with Crippen molar-refractivity contribution in [3.05, 3.63) is 56.1 Å². The lowest BCUT2D eigenvalue weighted by Gasteiger charge is -2.20. The molecule has 0 bridgehead atoms. The molecule has 2 aromatic rings. The van der Waals surface area contributed by atoms with Gasteiger partial charge < -0.3 is 5.32 Å². The van der Waals surface area contributed by atoms with Gasteiger partial charge in [0.25, 0.3) is 5.56 Å². The zero-order valence-electron chi connectivity index (χ0n) is 16.6. The van der Waals surface area contributed by atoms with E-state index in [2.05, 4.69) is 5.32 Å². The van der Waals surface area contributed by atoms with E-state index in [0.717, 1.165) is 18.2 Å². The molecule has 1 aromatic heterocycles. The van der Waals surface area contributed by atoms with Crippen LogP contribution in [0.3, 0.4) is 0 Å². The Hall–Kier alpha value is -3.66. The molecule has 0 atom stereocenters. The highest BCUT2D eigenvalue weighted by Gasteiger charge is 2.35. The Labute approximate surface area is 172 Å². The zero-order chi connectivity index (χ0) is 23.5. The fourth-order valence-electron chi connectivity index (χ4n) is 2.68. The molecule has 0 saturated heterocycles. The summed E-state index contributed by atoms with van der Waals surface area (Å²) in [5.74, 6) is -1.23. The lowest BCUT2D eigenvalue weighted by atomic mass is 10.1. The van der Waals surface area contributed by atoms with Crippen LogP contribution in [0.4, 0.5) is 28.0 Å². The molecule has 0 aliphatic heterocycles. The Morgan fingerprint density at radius 1 is 1.26 bits per heavy atom. The van der Waals surface area contributed by atoms with E-state index in [4.69, 9.17) is 4.84 Å². The number of alkyl halides is 3. The minimum atomic E-state index is -4.99. The number of amides is 2. The van der Waals surface area contributed by atoms with Crippen molar-refractivity contribution >= 4 is 11.7 Å². The minimum absolute atomic E-state index is 0.120. The quantitative estimate of drug-likeness (QED) is 0.564. The number of nitrogens with zero attached hydrogens (tertiary/aromatic N) is 4. The third-order valence-electron chi connectivity index (χ3n) is 4.10. The molecule has 1 aromatic carbocycles. The maximum atomic E-state index is 14.6. The van der Waals surface area contributed by atoms with Crippen LogP contribution in [0.1, 0.15) is 25.1 Å². The van der Waals surface area contributed by atoms with E-state index >= 15 is 0 Å². The van der Waals surface area contributed by atoms with Gasteiger partial charge in [-0.3, -0.25) is 14.2 Å². The van der Waals surface area contributed by atoms with Crippen molar-refractivity contribution in [2.75, 3.05) is 18.5 Å². The van der Waals surface area contributed by atoms with Gasteiger partial charge in [-0.2, -0.15) is 18.4 Å². The molecule has 1 N–H and O–H groups in total. The van der Waals surface area contributed by atoms with Crippen LogP contribution in [0.5, 0.6) is 0 Å². The fourth-order valence-corrected chi connectivity index (χ4v) is 2.68. The van der Waals surface area contributed by atoms with Crippen LogP contribution in [0.15, 0.2) is 27.8 Å². The number of hydroxylamine groups is 2. The van der Waals surface area contributed by atoms with Crippen molar-refractivity contribution in [2.45, 2.75) is 20.0 Å². The normalized spacial score (nSPS) is 11.2. The van der Waals surface area contributed by atoms with E-state index < -0.39 is 40.7 Å². The standard InChI is InChI=1S/C18H17F4N5O4/c1-4-26(31-5-2)16(29)24-12-7-13(11(19)6-10(12)9-23)27-15(28)8-14(18(20,21)22)25(3)17(27)30/h6-8H,4-5H2,1-3H3,(H,24,29). The second kappa shape index (κ2) is 9.00. The summed E-state index contributed by atoms with van der Waals surface area (Å²) >= 11 is 0. The number of carbonyl (C=O) groups excluding carboxylic acids is 1. The molecule has 0 spiro atoms. The summed E-state index contributed by atoms with van der Waals surface area (Å²) in [4.78, 5) is 42.0. The molecule has 2 amide bonds. The molecule has 0 aliphatic carbocycles. The molecular formula is C18H17F4N5O4. The molecule has 166 valence electrons. The average molecular weight is 443 g/mol. The van der Waals surface area contributed by atoms with E-state index in [-0.39, 0.29) is 39.6 Å². The number of nitriles is 1. The van der Waals surface area contributed by atoms with E-state index in [0.29, 0.717) is 6.07 Å². The van der Waals surface area contributed by atoms with Crippen molar-refractivity contribution in [3.63, 3.8) is 0 Å². The molecular weight excluding hydrogens is 426 g/mol. The summed E-state index contributed by atoms with van der Waals surface area (Å²) in [6, 6.07) is 2.41. The van der Waals surface area contributed by atoms with Gasteiger partial charge in [0.05, 0.1) is 23.5 Å². The summed E-state index contributed by atoms with van der Waals surface area (Å²) < 4.78 is 54.0. The van der Waals surface area contributed by atoms with Gasteiger partial charge >= 0.3 is 17.9 Å². The van der Waals surface area contributed by atoms with Crippen molar-refractivity contribution in [1.29, 1.82) is 5.26 Å². The number of aromatic nitrogens is 2. The minimum Gasteiger partial charge on any atom is -0.305 e. The lowest BCUT2D eigenvalue weighted by Crippen LogP contribution is -2.41.